The van der Waals surface area contributed by atoms with E-state index in [1.54, 1.807) is 0 Å². The van der Waals surface area contributed by atoms with E-state index < -0.39 is 0 Å². The molecular formula is C28H28N2O3. The molecular weight excluding hydrogens is 412 g/mol. The number of imide groups is 1. The van der Waals surface area contributed by atoms with Crippen molar-refractivity contribution < 1.29 is 14.3 Å². The molecule has 4 rings (SSSR count). The number of nitrogens with one attached hydrogen (secondary N) is 1. The Balaban J connectivity index is 1.83. The van der Waals surface area contributed by atoms with Crippen LogP contribution in [-0.2, 0) is 9.59 Å². The Kier molecular flexibility index (Phi) is 6.05. The topological polar surface area (TPSA) is 58.6 Å². The minimum atomic E-state index is -0.365. The molecule has 1 aliphatic rings. The highest BCUT2D eigenvalue weighted by atomic mass is 16.5. The number of amides is 2. The Morgan fingerprint density at radius 2 is 1.42 bits per heavy atom. The Labute approximate surface area is 194 Å². The van der Waals surface area contributed by atoms with E-state index in [2.05, 4.69) is 5.32 Å². The lowest BCUT2D eigenvalue weighted by Crippen LogP contribution is -2.33. The minimum Gasteiger partial charge on any atom is -0.494 e. The monoisotopic (exact) mass is 440 g/mol. The average Bonchev–Trinajstić information content (AvgIpc) is 3.01. The lowest BCUT2D eigenvalue weighted by molar-refractivity contribution is -0.120. The first-order chi connectivity index (χ1) is 15.8. The van der Waals surface area contributed by atoms with Crippen molar-refractivity contribution in [2.24, 2.45) is 0 Å². The van der Waals surface area contributed by atoms with Crippen molar-refractivity contribution in [3.05, 3.63) is 94.2 Å². The summed E-state index contributed by atoms with van der Waals surface area (Å²) in [4.78, 5) is 28.6. The van der Waals surface area contributed by atoms with Gasteiger partial charge in [-0.15, -0.1) is 0 Å². The molecule has 5 heteroatoms. The summed E-state index contributed by atoms with van der Waals surface area (Å²) in [6.45, 7) is 10.4. The minimum absolute atomic E-state index is 0.274. The number of carbonyl (C=O) groups is 2. The molecule has 1 heterocycles. The summed E-state index contributed by atoms with van der Waals surface area (Å²) in [5.74, 6) is 0.00735. The zero-order chi connectivity index (χ0) is 23.7. The largest absolute Gasteiger partial charge is 0.494 e. The zero-order valence-electron chi connectivity index (χ0n) is 19.7. The van der Waals surface area contributed by atoms with Gasteiger partial charge in [0.1, 0.15) is 11.4 Å². The normalized spacial score (nSPS) is 13.7. The first-order valence-corrected chi connectivity index (χ1v) is 11.1. The summed E-state index contributed by atoms with van der Waals surface area (Å²) in [5.41, 5.74) is 6.75. The van der Waals surface area contributed by atoms with Crippen molar-refractivity contribution in [2.45, 2.75) is 34.6 Å². The molecule has 3 aromatic carbocycles. The molecule has 168 valence electrons. The number of rotatable bonds is 6. The van der Waals surface area contributed by atoms with E-state index in [1.165, 1.54) is 4.90 Å². The van der Waals surface area contributed by atoms with Gasteiger partial charge in [-0.25, -0.2) is 4.90 Å². The van der Waals surface area contributed by atoms with Crippen LogP contribution in [0.4, 0.5) is 11.4 Å². The molecule has 33 heavy (non-hydrogen) atoms. The van der Waals surface area contributed by atoms with Crippen LogP contribution in [0.1, 0.15) is 34.7 Å². The van der Waals surface area contributed by atoms with Crippen LogP contribution in [0, 0.1) is 27.7 Å². The quantitative estimate of drug-likeness (QED) is 0.499. The summed E-state index contributed by atoms with van der Waals surface area (Å²) >= 11 is 0. The molecule has 0 aromatic heterocycles. The van der Waals surface area contributed by atoms with Crippen LogP contribution in [0.15, 0.2) is 66.4 Å². The van der Waals surface area contributed by atoms with Crippen LogP contribution in [0.25, 0.3) is 5.57 Å². The van der Waals surface area contributed by atoms with Gasteiger partial charge in [0.05, 0.1) is 17.9 Å². The Morgan fingerprint density at radius 1 is 0.788 bits per heavy atom. The van der Waals surface area contributed by atoms with Crippen molar-refractivity contribution in [1.82, 2.24) is 0 Å². The highest BCUT2D eigenvalue weighted by Gasteiger charge is 2.41. The van der Waals surface area contributed by atoms with E-state index in [4.69, 9.17) is 4.74 Å². The van der Waals surface area contributed by atoms with Gasteiger partial charge in [-0.2, -0.15) is 0 Å². The Bertz CT molecular complexity index is 1270. The average molecular weight is 441 g/mol. The lowest BCUT2D eigenvalue weighted by Gasteiger charge is -2.18. The Hall–Kier alpha value is -3.86. The summed E-state index contributed by atoms with van der Waals surface area (Å²) in [6, 6.07) is 19.0. The molecule has 0 spiro atoms. The van der Waals surface area contributed by atoms with Crippen molar-refractivity contribution >= 4 is 28.8 Å². The fourth-order valence-electron chi connectivity index (χ4n) is 4.16. The third-order valence-electron chi connectivity index (χ3n) is 5.77. The van der Waals surface area contributed by atoms with Gasteiger partial charge >= 0.3 is 0 Å². The highest BCUT2D eigenvalue weighted by molar-refractivity contribution is 6.46. The molecule has 0 saturated heterocycles. The molecule has 2 amide bonds. The first-order valence-electron chi connectivity index (χ1n) is 11.1. The molecule has 3 aromatic rings. The third-order valence-corrected chi connectivity index (χ3v) is 5.77. The first kappa shape index (κ1) is 22.3. The number of hydrogen-bond acceptors (Lipinski definition) is 4. The van der Waals surface area contributed by atoms with Crippen molar-refractivity contribution in [2.75, 3.05) is 16.8 Å². The van der Waals surface area contributed by atoms with Crippen LogP contribution in [0.2, 0.25) is 0 Å². The van der Waals surface area contributed by atoms with Crippen molar-refractivity contribution in [3.8, 4) is 5.75 Å². The summed E-state index contributed by atoms with van der Waals surface area (Å²) < 4.78 is 5.54. The second-order valence-electron chi connectivity index (χ2n) is 8.39. The van der Waals surface area contributed by atoms with Gasteiger partial charge in [0.25, 0.3) is 11.8 Å². The predicted octanol–water partition coefficient (Wildman–Crippen LogP) is 5.72. The molecule has 0 saturated carbocycles. The van der Waals surface area contributed by atoms with Crippen LogP contribution >= 0.6 is 0 Å². The van der Waals surface area contributed by atoms with Gasteiger partial charge in [0.2, 0.25) is 0 Å². The second-order valence-corrected chi connectivity index (χ2v) is 8.39. The van der Waals surface area contributed by atoms with Crippen molar-refractivity contribution in [1.29, 1.82) is 0 Å². The fraction of sp³-hybridized carbons (Fsp3) is 0.214. The van der Waals surface area contributed by atoms with Gasteiger partial charge in [0, 0.05) is 5.69 Å². The van der Waals surface area contributed by atoms with E-state index >= 15 is 0 Å². The zero-order valence-corrected chi connectivity index (χ0v) is 19.7. The van der Waals surface area contributed by atoms with Crippen LogP contribution in [0.3, 0.4) is 0 Å². The van der Waals surface area contributed by atoms with E-state index in [9.17, 15) is 9.59 Å². The standard InChI is InChI=1S/C28H28N2O3/c1-6-33-22-11-9-21(10-12-22)25-26(29-23-13-7-17(2)15-19(23)4)28(32)30(27(25)31)24-14-8-18(3)16-20(24)5/h7-16,29H,6H2,1-5H3. The van der Waals surface area contributed by atoms with Gasteiger partial charge in [-0.1, -0.05) is 47.5 Å². The van der Waals surface area contributed by atoms with E-state index in [1.807, 2.05) is 95.3 Å². The van der Waals surface area contributed by atoms with Crippen molar-refractivity contribution in [3.63, 3.8) is 0 Å². The molecule has 0 aliphatic carbocycles. The maximum atomic E-state index is 13.7. The number of anilines is 2. The summed E-state index contributed by atoms with van der Waals surface area (Å²) in [5, 5.41) is 3.27. The van der Waals surface area contributed by atoms with E-state index in [0.29, 0.717) is 29.2 Å². The van der Waals surface area contributed by atoms with Crippen LogP contribution < -0.4 is 15.0 Å². The van der Waals surface area contributed by atoms with Gasteiger partial charge in [0.15, 0.2) is 0 Å². The molecule has 0 atom stereocenters. The maximum absolute atomic E-state index is 13.7. The van der Waals surface area contributed by atoms with E-state index in [-0.39, 0.29) is 17.5 Å². The Morgan fingerprint density at radius 3 is 2.03 bits per heavy atom. The third kappa shape index (κ3) is 4.27. The number of aryl methyl sites for hydroxylation is 4. The predicted molar refractivity (Wildman–Crippen MR) is 132 cm³/mol. The number of carbonyl (C=O) groups excluding carboxylic acids is 2. The molecule has 0 radical (unpaired) electrons. The number of nitrogens with zero attached hydrogens (tertiary/aromatic N) is 1. The van der Waals surface area contributed by atoms with Gasteiger partial charge < -0.3 is 10.1 Å². The molecule has 0 unspecified atom stereocenters. The number of hydrogen-bond donors (Lipinski definition) is 1. The fourth-order valence-corrected chi connectivity index (χ4v) is 4.16. The molecule has 1 N–H and O–H groups in total. The van der Waals surface area contributed by atoms with Crippen LogP contribution in [-0.4, -0.2) is 18.4 Å². The number of benzene rings is 3. The van der Waals surface area contributed by atoms with E-state index in [0.717, 1.165) is 27.9 Å². The maximum Gasteiger partial charge on any atom is 0.282 e. The molecule has 5 nitrogen and oxygen atoms in total. The molecule has 0 bridgehead atoms. The van der Waals surface area contributed by atoms with Gasteiger partial charge in [-0.05, 0) is 75.6 Å². The number of ether oxygens (including phenoxy) is 1. The summed E-state index contributed by atoms with van der Waals surface area (Å²) in [6.07, 6.45) is 0. The smallest absolute Gasteiger partial charge is 0.282 e. The van der Waals surface area contributed by atoms with Crippen LogP contribution in [0.5, 0.6) is 5.75 Å². The second kappa shape index (κ2) is 8.94. The molecule has 1 aliphatic heterocycles. The highest BCUT2D eigenvalue weighted by Crippen LogP contribution is 2.36. The van der Waals surface area contributed by atoms with Gasteiger partial charge in [-0.3, -0.25) is 9.59 Å². The molecule has 0 fully saturated rings. The SMILES string of the molecule is CCOc1ccc(C2=C(Nc3ccc(C)cc3C)C(=O)N(c3ccc(C)cc3C)C2=O)cc1. The summed E-state index contributed by atoms with van der Waals surface area (Å²) in [7, 11) is 0. The lowest BCUT2D eigenvalue weighted by atomic mass is 10.0.